The maximum atomic E-state index is 5.87. The minimum absolute atomic E-state index is 0.288. The number of hydrogen-bond donors (Lipinski definition) is 3. The number of benzene rings is 1. The Labute approximate surface area is 115 Å². The van der Waals surface area contributed by atoms with E-state index < -0.39 is 0 Å². The summed E-state index contributed by atoms with van der Waals surface area (Å²) in [4.78, 5) is 0. The molecule has 0 bridgehead atoms. The van der Waals surface area contributed by atoms with Crippen LogP contribution in [0.15, 0.2) is 24.3 Å². The Balaban J connectivity index is 2.20. The zero-order valence-corrected chi connectivity index (χ0v) is 12.1. The topological polar surface area (TPSA) is 45.3 Å². The lowest BCUT2D eigenvalue weighted by Gasteiger charge is -2.23. The van der Waals surface area contributed by atoms with Gasteiger partial charge < -0.3 is 10.1 Å². The van der Waals surface area contributed by atoms with Gasteiger partial charge in [0.15, 0.2) is 0 Å². The molecule has 0 saturated carbocycles. The fourth-order valence-electron chi connectivity index (χ4n) is 2.64. The number of para-hydroxylation sites is 1. The van der Waals surface area contributed by atoms with Crippen molar-refractivity contribution < 1.29 is 4.74 Å². The third kappa shape index (κ3) is 3.26. The highest BCUT2D eigenvalue weighted by atomic mass is 16.5. The van der Waals surface area contributed by atoms with Gasteiger partial charge in [0.05, 0.1) is 12.6 Å². The zero-order chi connectivity index (χ0) is 13.7. The number of rotatable bonds is 6. The Hall–Kier alpha value is -1.10. The molecule has 0 amide bonds. The first-order valence-corrected chi connectivity index (χ1v) is 7.15. The predicted octanol–water partition coefficient (Wildman–Crippen LogP) is 1.85. The van der Waals surface area contributed by atoms with E-state index in [9.17, 15) is 0 Å². The summed E-state index contributed by atoms with van der Waals surface area (Å²) in [5.41, 5.74) is 7.99. The van der Waals surface area contributed by atoms with Gasteiger partial charge in [-0.15, -0.1) is 0 Å². The molecule has 3 atom stereocenters. The molecule has 1 heterocycles. The number of hydrazine groups is 1. The lowest BCUT2D eigenvalue weighted by molar-refractivity contribution is 0.306. The average Bonchev–Trinajstić information content (AvgIpc) is 2.79. The van der Waals surface area contributed by atoms with E-state index in [0.717, 1.165) is 25.3 Å². The maximum Gasteiger partial charge on any atom is 0.124 e. The second-order valence-corrected chi connectivity index (χ2v) is 5.16. The summed E-state index contributed by atoms with van der Waals surface area (Å²) in [6.45, 7) is 6.09. The van der Waals surface area contributed by atoms with Crippen LogP contribution in [0.3, 0.4) is 0 Å². The molecule has 1 aliphatic rings. The van der Waals surface area contributed by atoms with Crippen molar-refractivity contribution in [2.24, 2.45) is 5.92 Å². The Morgan fingerprint density at radius 2 is 2.05 bits per heavy atom. The highest BCUT2D eigenvalue weighted by molar-refractivity contribution is 5.37. The standard InChI is InChI=1S/C15H25N3O/c1-4-9-19-14-8-6-5-7-12(14)15-13(10-16-3)11(2)17-18-15/h5-8,11,13,15-18H,4,9-10H2,1-3H3. The van der Waals surface area contributed by atoms with Crippen molar-refractivity contribution in [3.05, 3.63) is 29.8 Å². The molecule has 19 heavy (non-hydrogen) atoms. The number of ether oxygens (including phenoxy) is 1. The predicted molar refractivity (Wildman–Crippen MR) is 78.1 cm³/mol. The van der Waals surface area contributed by atoms with Gasteiger partial charge in [-0.1, -0.05) is 25.1 Å². The van der Waals surface area contributed by atoms with Gasteiger partial charge >= 0.3 is 0 Å². The first kappa shape index (κ1) is 14.3. The molecule has 1 saturated heterocycles. The van der Waals surface area contributed by atoms with Crippen LogP contribution in [-0.2, 0) is 0 Å². The fourth-order valence-corrected chi connectivity index (χ4v) is 2.64. The van der Waals surface area contributed by atoms with Crippen molar-refractivity contribution in [2.45, 2.75) is 32.4 Å². The molecule has 0 radical (unpaired) electrons. The quantitative estimate of drug-likeness (QED) is 0.733. The monoisotopic (exact) mass is 263 g/mol. The molecule has 4 heteroatoms. The van der Waals surface area contributed by atoms with E-state index >= 15 is 0 Å². The Bertz CT molecular complexity index is 397. The van der Waals surface area contributed by atoms with Crippen molar-refractivity contribution in [1.29, 1.82) is 0 Å². The molecule has 0 aromatic heterocycles. The summed E-state index contributed by atoms with van der Waals surface area (Å²) in [7, 11) is 2.00. The lowest BCUT2D eigenvalue weighted by atomic mass is 9.89. The first-order chi connectivity index (χ1) is 9.27. The molecule has 4 nitrogen and oxygen atoms in total. The van der Waals surface area contributed by atoms with E-state index in [4.69, 9.17) is 4.74 Å². The minimum Gasteiger partial charge on any atom is -0.493 e. The van der Waals surface area contributed by atoms with E-state index in [1.807, 2.05) is 13.1 Å². The van der Waals surface area contributed by atoms with Crippen molar-refractivity contribution in [2.75, 3.05) is 20.2 Å². The fraction of sp³-hybridized carbons (Fsp3) is 0.600. The van der Waals surface area contributed by atoms with Gasteiger partial charge in [0.25, 0.3) is 0 Å². The summed E-state index contributed by atoms with van der Waals surface area (Å²) < 4.78 is 5.87. The molecule has 0 spiro atoms. The number of hydrogen-bond acceptors (Lipinski definition) is 4. The van der Waals surface area contributed by atoms with E-state index in [1.165, 1.54) is 5.56 Å². The third-order valence-electron chi connectivity index (χ3n) is 3.69. The third-order valence-corrected chi connectivity index (χ3v) is 3.69. The van der Waals surface area contributed by atoms with Gasteiger partial charge in [-0.05, 0) is 26.5 Å². The summed E-state index contributed by atoms with van der Waals surface area (Å²) in [5.74, 6) is 1.51. The van der Waals surface area contributed by atoms with Crippen LogP contribution in [0.5, 0.6) is 5.75 Å². The van der Waals surface area contributed by atoms with Gasteiger partial charge in [0.1, 0.15) is 5.75 Å². The van der Waals surface area contributed by atoms with Crippen LogP contribution in [0.1, 0.15) is 31.9 Å². The van der Waals surface area contributed by atoms with Gasteiger partial charge in [-0.2, -0.15) is 0 Å². The van der Waals surface area contributed by atoms with Crippen LogP contribution in [0.4, 0.5) is 0 Å². The smallest absolute Gasteiger partial charge is 0.124 e. The molecule has 1 aromatic rings. The van der Waals surface area contributed by atoms with Crippen LogP contribution in [-0.4, -0.2) is 26.2 Å². The zero-order valence-electron chi connectivity index (χ0n) is 12.1. The van der Waals surface area contributed by atoms with Crippen LogP contribution in [0, 0.1) is 5.92 Å². The van der Waals surface area contributed by atoms with Gasteiger partial charge in [-0.3, -0.25) is 5.43 Å². The second-order valence-electron chi connectivity index (χ2n) is 5.16. The van der Waals surface area contributed by atoms with Gasteiger partial charge in [0.2, 0.25) is 0 Å². The van der Waals surface area contributed by atoms with E-state index in [0.29, 0.717) is 12.0 Å². The maximum absolute atomic E-state index is 5.87. The summed E-state index contributed by atoms with van der Waals surface area (Å²) in [6, 6.07) is 9.06. The van der Waals surface area contributed by atoms with Crippen molar-refractivity contribution in [3.8, 4) is 5.75 Å². The van der Waals surface area contributed by atoms with E-state index in [2.05, 4.69) is 48.2 Å². The normalized spacial score (nSPS) is 26.6. The SMILES string of the molecule is CCCOc1ccccc1C1NNC(C)C1CNC. The Morgan fingerprint density at radius 1 is 1.26 bits per heavy atom. The summed E-state index contributed by atoms with van der Waals surface area (Å²) in [5, 5.41) is 3.28. The molecule has 0 aliphatic carbocycles. The van der Waals surface area contributed by atoms with Crippen molar-refractivity contribution in [3.63, 3.8) is 0 Å². The molecule has 1 fully saturated rings. The number of nitrogens with one attached hydrogen (secondary N) is 3. The highest BCUT2D eigenvalue weighted by Gasteiger charge is 2.34. The molecule has 2 rings (SSSR count). The molecule has 1 aliphatic heterocycles. The van der Waals surface area contributed by atoms with Crippen LogP contribution in [0.25, 0.3) is 0 Å². The van der Waals surface area contributed by atoms with Crippen LogP contribution >= 0.6 is 0 Å². The molecule has 3 N–H and O–H groups in total. The second kappa shape index (κ2) is 6.89. The van der Waals surface area contributed by atoms with E-state index in [-0.39, 0.29) is 6.04 Å². The lowest BCUT2D eigenvalue weighted by Crippen LogP contribution is -2.31. The van der Waals surface area contributed by atoms with Crippen LogP contribution in [0.2, 0.25) is 0 Å². The minimum atomic E-state index is 0.288. The highest BCUT2D eigenvalue weighted by Crippen LogP contribution is 2.34. The molecular weight excluding hydrogens is 238 g/mol. The van der Waals surface area contributed by atoms with Crippen molar-refractivity contribution >= 4 is 0 Å². The molecule has 3 unspecified atom stereocenters. The molecular formula is C15H25N3O. The van der Waals surface area contributed by atoms with Crippen molar-refractivity contribution in [1.82, 2.24) is 16.2 Å². The van der Waals surface area contributed by atoms with Crippen LogP contribution < -0.4 is 20.9 Å². The average molecular weight is 263 g/mol. The Kier molecular flexibility index (Phi) is 5.19. The first-order valence-electron chi connectivity index (χ1n) is 7.15. The molecule has 1 aromatic carbocycles. The Morgan fingerprint density at radius 3 is 2.79 bits per heavy atom. The van der Waals surface area contributed by atoms with Gasteiger partial charge in [-0.25, -0.2) is 5.43 Å². The summed E-state index contributed by atoms with van der Waals surface area (Å²) >= 11 is 0. The molecule has 106 valence electrons. The largest absolute Gasteiger partial charge is 0.493 e. The van der Waals surface area contributed by atoms with E-state index in [1.54, 1.807) is 0 Å². The van der Waals surface area contributed by atoms with Gasteiger partial charge in [0, 0.05) is 24.1 Å². The summed E-state index contributed by atoms with van der Waals surface area (Å²) in [6.07, 6.45) is 1.03.